The number of unbranched alkanes of at least 4 members (excludes halogenated alkanes) is 1. The molecule has 0 radical (unpaired) electrons. The Labute approximate surface area is 212 Å². The molecule has 0 aliphatic heterocycles. The van der Waals surface area contributed by atoms with E-state index in [1.165, 1.54) is 6.07 Å². The van der Waals surface area contributed by atoms with Gasteiger partial charge in [-0.15, -0.1) is 0 Å². The van der Waals surface area contributed by atoms with Gasteiger partial charge in [-0.05, 0) is 66.6 Å². The van der Waals surface area contributed by atoms with Crippen LogP contribution in [0.3, 0.4) is 0 Å². The third-order valence-electron chi connectivity index (χ3n) is 5.90. The van der Waals surface area contributed by atoms with Crippen molar-refractivity contribution in [1.29, 1.82) is 0 Å². The largest absolute Gasteiger partial charge is 0.487 e. The molecule has 0 fully saturated rings. The summed E-state index contributed by atoms with van der Waals surface area (Å²) in [5.41, 5.74) is 1.60. The SMILES string of the molecule is CCCCNC(=O)c1ccc2c(c1)cc(COc1ccccc1)n2Cc1cc(C(F)(F)F)ccc1Cl. The second kappa shape index (κ2) is 11.1. The van der Waals surface area contributed by atoms with E-state index >= 15 is 0 Å². The molecule has 4 nitrogen and oxygen atoms in total. The number of hydrogen-bond acceptors (Lipinski definition) is 2. The van der Waals surface area contributed by atoms with Crippen LogP contribution in [0.25, 0.3) is 10.9 Å². The molecule has 3 aromatic carbocycles. The van der Waals surface area contributed by atoms with Crippen molar-refractivity contribution >= 4 is 28.4 Å². The van der Waals surface area contributed by atoms with Crippen LogP contribution in [0.4, 0.5) is 13.2 Å². The summed E-state index contributed by atoms with van der Waals surface area (Å²) in [6, 6.07) is 19.8. The lowest BCUT2D eigenvalue weighted by molar-refractivity contribution is -0.137. The van der Waals surface area contributed by atoms with Gasteiger partial charge in [-0.25, -0.2) is 0 Å². The smallest absolute Gasteiger partial charge is 0.416 e. The highest BCUT2D eigenvalue weighted by Gasteiger charge is 2.31. The van der Waals surface area contributed by atoms with Gasteiger partial charge in [-0.3, -0.25) is 4.79 Å². The molecular formula is C28H26ClF3N2O2. The van der Waals surface area contributed by atoms with Crippen molar-refractivity contribution in [2.24, 2.45) is 0 Å². The molecule has 0 aliphatic carbocycles. The van der Waals surface area contributed by atoms with E-state index in [0.29, 0.717) is 23.4 Å². The van der Waals surface area contributed by atoms with Crippen LogP contribution < -0.4 is 10.1 Å². The van der Waals surface area contributed by atoms with Gasteiger partial charge < -0.3 is 14.6 Å². The molecule has 8 heteroatoms. The molecule has 0 aliphatic rings. The first-order valence-corrected chi connectivity index (χ1v) is 12.1. The van der Waals surface area contributed by atoms with Crippen molar-refractivity contribution < 1.29 is 22.7 Å². The minimum Gasteiger partial charge on any atom is -0.487 e. The van der Waals surface area contributed by atoms with Gasteiger partial charge in [-0.1, -0.05) is 43.1 Å². The van der Waals surface area contributed by atoms with Crippen molar-refractivity contribution in [2.75, 3.05) is 6.54 Å². The van der Waals surface area contributed by atoms with Crippen LogP contribution in [0.15, 0.2) is 72.8 Å². The molecule has 1 heterocycles. The normalized spacial score (nSPS) is 11.6. The zero-order chi connectivity index (χ0) is 25.7. The topological polar surface area (TPSA) is 43.3 Å². The summed E-state index contributed by atoms with van der Waals surface area (Å²) in [4.78, 5) is 12.6. The zero-order valence-electron chi connectivity index (χ0n) is 19.7. The van der Waals surface area contributed by atoms with Crippen LogP contribution in [0, 0.1) is 0 Å². The third-order valence-corrected chi connectivity index (χ3v) is 6.27. The van der Waals surface area contributed by atoms with Gasteiger partial charge >= 0.3 is 6.18 Å². The summed E-state index contributed by atoms with van der Waals surface area (Å²) in [6.07, 6.45) is -2.61. The quantitative estimate of drug-likeness (QED) is 0.235. The van der Waals surface area contributed by atoms with E-state index in [9.17, 15) is 18.0 Å². The Morgan fingerprint density at radius 1 is 1.03 bits per heavy atom. The lowest BCUT2D eigenvalue weighted by Crippen LogP contribution is -2.24. The van der Waals surface area contributed by atoms with Gasteiger partial charge in [0.2, 0.25) is 0 Å². The maximum atomic E-state index is 13.3. The number of rotatable bonds is 9. The lowest BCUT2D eigenvalue weighted by Gasteiger charge is -2.15. The molecule has 1 amide bonds. The van der Waals surface area contributed by atoms with E-state index < -0.39 is 11.7 Å². The number of para-hydroxylation sites is 1. The average molecular weight is 515 g/mol. The number of nitrogens with zero attached hydrogens (tertiary/aromatic N) is 1. The monoisotopic (exact) mass is 514 g/mol. The van der Waals surface area contributed by atoms with E-state index in [1.54, 1.807) is 18.2 Å². The molecular weight excluding hydrogens is 489 g/mol. The van der Waals surface area contributed by atoms with Crippen molar-refractivity contribution in [3.63, 3.8) is 0 Å². The van der Waals surface area contributed by atoms with Gasteiger partial charge in [0.05, 0.1) is 11.3 Å². The first kappa shape index (κ1) is 25.6. The summed E-state index contributed by atoms with van der Waals surface area (Å²) < 4.78 is 47.8. The summed E-state index contributed by atoms with van der Waals surface area (Å²) >= 11 is 6.30. The number of hydrogen-bond donors (Lipinski definition) is 1. The maximum absolute atomic E-state index is 13.3. The average Bonchev–Trinajstić information content (AvgIpc) is 3.20. The van der Waals surface area contributed by atoms with E-state index in [4.69, 9.17) is 16.3 Å². The third kappa shape index (κ3) is 6.02. The van der Waals surface area contributed by atoms with Crippen LogP contribution in [0.1, 0.15) is 46.9 Å². The standard InChI is InChI=1S/C28H26ClF3N2O2/c1-2-3-13-33-27(35)19-9-12-26-20(14-19)16-23(18-36-24-7-5-4-6-8-24)34(26)17-21-15-22(28(30,31)32)10-11-25(21)29/h4-12,14-16H,2-3,13,17-18H2,1H3,(H,33,35). The highest BCUT2D eigenvalue weighted by molar-refractivity contribution is 6.31. The molecule has 0 saturated carbocycles. The predicted molar refractivity (Wildman–Crippen MR) is 136 cm³/mol. The van der Waals surface area contributed by atoms with Gasteiger partial charge in [0.25, 0.3) is 5.91 Å². The molecule has 1 aromatic heterocycles. The number of alkyl halides is 3. The zero-order valence-corrected chi connectivity index (χ0v) is 20.5. The summed E-state index contributed by atoms with van der Waals surface area (Å²) in [5, 5.41) is 3.93. The molecule has 0 saturated heterocycles. The van der Waals surface area contributed by atoms with Crippen LogP contribution in [-0.2, 0) is 19.3 Å². The second-order valence-corrected chi connectivity index (χ2v) is 8.92. The van der Waals surface area contributed by atoms with Crippen molar-refractivity contribution in [2.45, 2.75) is 39.1 Å². The number of halogens is 4. The number of carbonyl (C=O) groups excluding carboxylic acids is 1. The Morgan fingerprint density at radius 2 is 1.81 bits per heavy atom. The Balaban J connectivity index is 1.71. The molecule has 0 atom stereocenters. The fourth-order valence-corrected chi connectivity index (χ4v) is 4.15. The van der Waals surface area contributed by atoms with Crippen LogP contribution >= 0.6 is 11.6 Å². The minimum absolute atomic E-state index is 0.113. The van der Waals surface area contributed by atoms with Crippen molar-refractivity contribution in [3.8, 4) is 5.75 Å². The number of aromatic nitrogens is 1. The molecule has 0 spiro atoms. The van der Waals surface area contributed by atoms with Crippen LogP contribution in [0.5, 0.6) is 5.75 Å². The predicted octanol–water partition coefficient (Wildman–Crippen LogP) is 7.47. The van der Waals surface area contributed by atoms with Crippen molar-refractivity contribution in [1.82, 2.24) is 9.88 Å². The number of carbonyl (C=O) groups is 1. The van der Waals surface area contributed by atoms with Gasteiger partial charge in [0.15, 0.2) is 0 Å². The Kier molecular flexibility index (Phi) is 7.89. The molecule has 1 N–H and O–H groups in total. The number of ether oxygens (including phenoxy) is 1. The molecule has 4 aromatic rings. The first-order valence-electron chi connectivity index (χ1n) is 11.7. The second-order valence-electron chi connectivity index (χ2n) is 8.51. The Hall–Kier alpha value is -3.45. The van der Waals surface area contributed by atoms with Gasteiger partial charge in [-0.2, -0.15) is 13.2 Å². The van der Waals surface area contributed by atoms with Crippen LogP contribution in [-0.4, -0.2) is 17.0 Å². The fraction of sp³-hybridized carbons (Fsp3) is 0.250. The summed E-state index contributed by atoms with van der Waals surface area (Å²) in [7, 11) is 0. The summed E-state index contributed by atoms with van der Waals surface area (Å²) in [5.74, 6) is 0.503. The molecule has 36 heavy (non-hydrogen) atoms. The van der Waals surface area contributed by atoms with Gasteiger partial charge in [0, 0.05) is 34.6 Å². The summed E-state index contributed by atoms with van der Waals surface area (Å²) in [6.45, 7) is 2.95. The fourth-order valence-electron chi connectivity index (χ4n) is 3.97. The Bertz CT molecular complexity index is 1350. The van der Waals surface area contributed by atoms with E-state index in [0.717, 1.165) is 41.6 Å². The highest BCUT2D eigenvalue weighted by Crippen LogP contribution is 2.33. The van der Waals surface area contributed by atoms with Crippen molar-refractivity contribution in [3.05, 3.63) is 100 Å². The minimum atomic E-state index is -4.47. The number of nitrogens with one attached hydrogen (secondary N) is 1. The number of amides is 1. The van der Waals surface area contributed by atoms with Gasteiger partial charge in [0.1, 0.15) is 12.4 Å². The maximum Gasteiger partial charge on any atom is 0.416 e. The molecule has 188 valence electrons. The number of benzene rings is 3. The molecule has 0 unspecified atom stereocenters. The van der Waals surface area contributed by atoms with E-state index in [1.807, 2.05) is 41.0 Å². The first-order chi connectivity index (χ1) is 17.3. The van der Waals surface area contributed by atoms with Crippen LogP contribution in [0.2, 0.25) is 5.02 Å². The Morgan fingerprint density at radius 3 is 2.53 bits per heavy atom. The lowest BCUT2D eigenvalue weighted by atomic mass is 10.1. The van der Waals surface area contributed by atoms with E-state index in [2.05, 4.69) is 12.2 Å². The highest BCUT2D eigenvalue weighted by atomic mass is 35.5. The van der Waals surface area contributed by atoms with E-state index in [-0.39, 0.29) is 24.1 Å². The number of fused-ring (bicyclic) bond motifs is 1. The molecule has 4 rings (SSSR count). The molecule has 0 bridgehead atoms.